The molecule has 1 aromatic heterocycles. The number of carbonyl (C=O) groups excluding carboxylic acids is 1. The second kappa shape index (κ2) is 5.31. The van der Waals surface area contributed by atoms with Gasteiger partial charge in [-0.2, -0.15) is 11.8 Å². The number of aromatic nitrogens is 3. The Labute approximate surface area is 98.4 Å². The number of thioether (sulfide) groups is 1. The molecule has 6 nitrogen and oxygen atoms in total. The second-order valence-electron chi connectivity index (χ2n) is 3.89. The van der Waals surface area contributed by atoms with Crippen molar-refractivity contribution in [1.29, 1.82) is 0 Å². The normalized spacial score (nSPS) is 14.5. The predicted molar refractivity (Wildman–Crippen MR) is 62.3 cm³/mol. The lowest BCUT2D eigenvalue weighted by atomic mass is 10.1. The molecule has 1 aromatic rings. The third-order valence-corrected chi connectivity index (χ3v) is 2.83. The molecule has 0 aliphatic rings. The number of rotatable bonds is 5. The first kappa shape index (κ1) is 13.0. The van der Waals surface area contributed by atoms with Gasteiger partial charge in [0.2, 0.25) is 0 Å². The fraction of sp³-hybridized carbons (Fsp3) is 0.667. The fourth-order valence-corrected chi connectivity index (χ4v) is 1.90. The molecule has 1 amide bonds. The van der Waals surface area contributed by atoms with Gasteiger partial charge in [-0.1, -0.05) is 5.21 Å². The van der Waals surface area contributed by atoms with E-state index in [1.54, 1.807) is 14.0 Å². The van der Waals surface area contributed by atoms with Gasteiger partial charge in [0, 0.05) is 19.3 Å². The molecule has 2 N–H and O–H groups in total. The highest BCUT2D eigenvalue weighted by Gasteiger charge is 2.21. The van der Waals surface area contributed by atoms with Crippen LogP contribution in [0.1, 0.15) is 17.4 Å². The zero-order valence-corrected chi connectivity index (χ0v) is 10.4. The van der Waals surface area contributed by atoms with Gasteiger partial charge in [0.25, 0.3) is 5.91 Å². The molecule has 1 heterocycles. The van der Waals surface area contributed by atoms with Gasteiger partial charge in [-0.05, 0) is 13.2 Å². The van der Waals surface area contributed by atoms with E-state index in [2.05, 4.69) is 15.6 Å². The van der Waals surface area contributed by atoms with Crippen molar-refractivity contribution in [2.75, 3.05) is 18.6 Å². The summed E-state index contributed by atoms with van der Waals surface area (Å²) in [7, 11) is 1.69. The maximum atomic E-state index is 11.6. The van der Waals surface area contributed by atoms with Crippen molar-refractivity contribution in [2.24, 2.45) is 7.05 Å². The number of hydrogen-bond donors (Lipinski definition) is 2. The summed E-state index contributed by atoms with van der Waals surface area (Å²) >= 11 is 1.53. The van der Waals surface area contributed by atoms with Crippen LogP contribution in [0.15, 0.2) is 6.20 Å². The molecule has 16 heavy (non-hydrogen) atoms. The third-order valence-electron chi connectivity index (χ3n) is 1.92. The smallest absolute Gasteiger partial charge is 0.273 e. The van der Waals surface area contributed by atoms with Gasteiger partial charge in [-0.15, -0.1) is 5.10 Å². The van der Waals surface area contributed by atoms with Crippen LogP contribution in [0.3, 0.4) is 0 Å². The number of aryl methyl sites for hydroxylation is 1. The van der Waals surface area contributed by atoms with Gasteiger partial charge in [0.15, 0.2) is 5.69 Å². The molecule has 0 spiro atoms. The molecule has 1 atom stereocenters. The summed E-state index contributed by atoms with van der Waals surface area (Å²) in [4.78, 5) is 11.6. The first-order valence-corrected chi connectivity index (χ1v) is 6.20. The standard InChI is InChI=1S/C9H16N4O2S/c1-9(15,6-16-3)5-10-8(14)7-4-13(2)12-11-7/h4,15H,5-6H2,1-3H3,(H,10,14). The van der Waals surface area contributed by atoms with E-state index in [1.165, 1.54) is 22.6 Å². The van der Waals surface area contributed by atoms with Crippen LogP contribution in [-0.4, -0.2) is 50.2 Å². The Kier molecular flexibility index (Phi) is 4.31. The number of amides is 1. The summed E-state index contributed by atoms with van der Waals surface area (Å²) in [5, 5.41) is 19.8. The van der Waals surface area contributed by atoms with E-state index in [0.717, 1.165) is 0 Å². The summed E-state index contributed by atoms with van der Waals surface area (Å²) < 4.78 is 1.45. The second-order valence-corrected chi connectivity index (χ2v) is 4.76. The summed E-state index contributed by atoms with van der Waals surface area (Å²) in [6.07, 6.45) is 3.43. The largest absolute Gasteiger partial charge is 0.387 e. The van der Waals surface area contributed by atoms with Gasteiger partial charge >= 0.3 is 0 Å². The van der Waals surface area contributed by atoms with Crippen molar-refractivity contribution in [2.45, 2.75) is 12.5 Å². The minimum Gasteiger partial charge on any atom is -0.387 e. The Bertz CT molecular complexity index is 364. The van der Waals surface area contributed by atoms with Gasteiger partial charge in [-0.3, -0.25) is 9.48 Å². The fourth-order valence-electron chi connectivity index (χ4n) is 1.17. The van der Waals surface area contributed by atoms with E-state index in [-0.39, 0.29) is 18.1 Å². The number of hydrogen-bond acceptors (Lipinski definition) is 5. The van der Waals surface area contributed by atoms with E-state index >= 15 is 0 Å². The van der Waals surface area contributed by atoms with Crippen molar-refractivity contribution < 1.29 is 9.90 Å². The molecular weight excluding hydrogens is 228 g/mol. The molecule has 90 valence electrons. The lowest BCUT2D eigenvalue weighted by molar-refractivity contribution is 0.0722. The SMILES string of the molecule is CSCC(C)(O)CNC(=O)c1cn(C)nn1. The van der Waals surface area contributed by atoms with E-state index in [4.69, 9.17) is 0 Å². The number of carbonyl (C=O) groups is 1. The molecule has 0 saturated carbocycles. The summed E-state index contributed by atoms with van der Waals surface area (Å²) in [5.41, 5.74) is -0.653. The van der Waals surface area contributed by atoms with Crippen molar-refractivity contribution in [3.8, 4) is 0 Å². The molecular formula is C9H16N4O2S. The van der Waals surface area contributed by atoms with Crippen LogP contribution in [0.5, 0.6) is 0 Å². The first-order valence-electron chi connectivity index (χ1n) is 4.80. The first-order chi connectivity index (χ1) is 7.44. The minimum atomic E-state index is -0.905. The maximum Gasteiger partial charge on any atom is 0.273 e. The van der Waals surface area contributed by atoms with Crippen molar-refractivity contribution >= 4 is 17.7 Å². The molecule has 1 unspecified atom stereocenters. The molecule has 7 heteroatoms. The van der Waals surface area contributed by atoms with Crippen molar-refractivity contribution in [3.05, 3.63) is 11.9 Å². The van der Waals surface area contributed by atoms with Gasteiger partial charge in [0.05, 0.1) is 11.8 Å². The Hall–Kier alpha value is -1.08. The molecule has 0 radical (unpaired) electrons. The van der Waals surface area contributed by atoms with E-state index < -0.39 is 5.60 Å². The molecule has 0 bridgehead atoms. The predicted octanol–water partition coefficient (Wildman–Crippen LogP) is -0.341. The highest BCUT2D eigenvalue weighted by atomic mass is 32.2. The Morgan fingerprint density at radius 2 is 2.44 bits per heavy atom. The van der Waals surface area contributed by atoms with Crippen molar-refractivity contribution in [1.82, 2.24) is 20.3 Å². The topological polar surface area (TPSA) is 80.0 Å². The maximum absolute atomic E-state index is 11.6. The van der Waals surface area contributed by atoms with Crippen LogP contribution in [0.2, 0.25) is 0 Å². The van der Waals surface area contributed by atoms with Crippen molar-refractivity contribution in [3.63, 3.8) is 0 Å². The van der Waals surface area contributed by atoms with E-state index in [1.807, 2.05) is 6.26 Å². The molecule has 1 rings (SSSR count). The summed E-state index contributed by atoms with van der Waals surface area (Å²) in [5.74, 6) is 0.239. The van der Waals surface area contributed by atoms with Gasteiger partial charge in [0.1, 0.15) is 0 Å². The third kappa shape index (κ3) is 3.82. The van der Waals surface area contributed by atoms with Crippen LogP contribution in [0, 0.1) is 0 Å². The monoisotopic (exact) mass is 244 g/mol. The number of nitrogens with one attached hydrogen (secondary N) is 1. The van der Waals surface area contributed by atoms with E-state index in [0.29, 0.717) is 5.75 Å². The average Bonchev–Trinajstić information content (AvgIpc) is 2.61. The molecule has 0 aromatic carbocycles. The van der Waals surface area contributed by atoms with Crippen LogP contribution >= 0.6 is 11.8 Å². The van der Waals surface area contributed by atoms with E-state index in [9.17, 15) is 9.90 Å². The highest BCUT2D eigenvalue weighted by Crippen LogP contribution is 2.09. The summed E-state index contributed by atoms with van der Waals surface area (Å²) in [6.45, 7) is 1.88. The lowest BCUT2D eigenvalue weighted by Crippen LogP contribution is -2.42. The average molecular weight is 244 g/mol. The number of nitrogens with zero attached hydrogens (tertiary/aromatic N) is 3. The molecule has 0 saturated heterocycles. The quantitative estimate of drug-likeness (QED) is 0.740. The lowest BCUT2D eigenvalue weighted by Gasteiger charge is -2.22. The summed E-state index contributed by atoms with van der Waals surface area (Å²) in [6, 6.07) is 0. The number of aliphatic hydroxyl groups is 1. The molecule has 0 aliphatic carbocycles. The van der Waals surface area contributed by atoms with Gasteiger partial charge in [-0.25, -0.2) is 0 Å². The Morgan fingerprint density at radius 1 is 1.75 bits per heavy atom. The van der Waals surface area contributed by atoms with Crippen LogP contribution < -0.4 is 5.32 Å². The van der Waals surface area contributed by atoms with Crippen LogP contribution in [0.4, 0.5) is 0 Å². The van der Waals surface area contributed by atoms with Gasteiger partial charge < -0.3 is 10.4 Å². The molecule has 0 fully saturated rings. The molecule has 0 aliphatic heterocycles. The zero-order chi connectivity index (χ0) is 12.2. The Morgan fingerprint density at radius 3 is 2.94 bits per heavy atom. The van der Waals surface area contributed by atoms with Crippen LogP contribution in [0.25, 0.3) is 0 Å². The zero-order valence-electron chi connectivity index (χ0n) is 9.60. The Balaban J connectivity index is 2.47. The van der Waals surface area contributed by atoms with Crippen LogP contribution in [-0.2, 0) is 7.05 Å². The highest BCUT2D eigenvalue weighted by molar-refractivity contribution is 7.98. The minimum absolute atomic E-state index is 0.198.